The summed E-state index contributed by atoms with van der Waals surface area (Å²) < 4.78 is 33.5. The third-order valence-corrected chi connectivity index (χ3v) is 4.35. The number of non-ortho nitro benzene ring substituents is 1. The first kappa shape index (κ1) is 25.2. The number of benzene rings is 2. The summed E-state index contributed by atoms with van der Waals surface area (Å²) in [4.78, 5) is 47.9. The number of nitrogens with zero attached hydrogens (tertiary/aromatic N) is 2. The third-order valence-electron chi connectivity index (χ3n) is 4.35. The van der Waals surface area contributed by atoms with Crippen molar-refractivity contribution in [3.63, 3.8) is 0 Å². The van der Waals surface area contributed by atoms with Gasteiger partial charge in [0.2, 0.25) is 0 Å². The molecule has 0 aliphatic carbocycles. The van der Waals surface area contributed by atoms with Crippen LogP contribution in [0.2, 0.25) is 0 Å². The van der Waals surface area contributed by atoms with E-state index in [1.807, 2.05) is 0 Å². The second kappa shape index (κ2) is 11.5. The van der Waals surface area contributed by atoms with E-state index in [1.165, 1.54) is 61.3 Å². The van der Waals surface area contributed by atoms with Crippen molar-refractivity contribution in [2.75, 3.05) is 13.7 Å². The molecule has 12 heteroatoms. The summed E-state index contributed by atoms with van der Waals surface area (Å²) in [6.45, 7) is -2.05. The number of rotatable bonds is 10. The molecule has 2 rings (SSSR count). The molecular formula is C21H21F2N3O7. The van der Waals surface area contributed by atoms with Crippen LogP contribution in [0.25, 0.3) is 0 Å². The molecule has 0 heterocycles. The molecule has 1 atom stereocenters. The number of hydrogen-bond acceptors (Lipinski definition) is 7. The largest absolute Gasteiger partial charge is 0.454 e. The number of alkyl halides is 2. The SMILES string of the molecule is C[C@H](NC(=O)c1cccc([N+](=O)[O-])c1)C(=O)OCC(=O)N(C)Cc1ccc(OC(F)F)cc1. The predicted molar refractivity (Wildman–Crippen MR) is 111 cm³/mol. The first-order valence-electron chi connectivity index (χ1n) is 9.56. The number of nitrogens with one attached hydrogen (secondary N) is 1. The van der Waals surface area contributed by atoms with Gasteiger partial charge in [-0.2, -0.15) is 8.78 Å². The van der Waals surface area contributed by atoms with Gasteiger partial charge in [0.1, 0.15) is 11.8 Å². The second-order valence-electron chi connectivity index (χ2n) is 6.88. The van der Waals surface area contributed by atoms with Crippen LogP contribution in [-0.2, 0) is 20.9 Å². The molecule has 2 aromatic carbocycles. The van der Waals surface area contributed by atoms with Crippen LogP contribution in [0.15, 0.2) is 48.5 Å². The summed E-state index contributed by atoms with van der Waals surface area (Å²) >= 11 is 0. The van der Waals surface area contributed by atoms with E-state index in [9.17, 15) is 33.3 Å². The lowest BCUT2D eigenvalue weighted by Gasteiger charge is -2.18. The Morgan fingerprint density at radius 3 is 2.42 bits per heavy atom. The molecular weight excluding hydrogens is 444 g/mol. The lowest BCUT2D eigenvalue weighted by Crippen LogP contribution is -2.41. The minimum atomic E-state index is -2.94. The van der Waals surface area contributed by atoms with Gasteiger partial charge >= 0.3 is 12.6 Å². The number of amides is 2. The van der Waals surface area contributed by atoms with Gasteiger partial charge in [0, 0.05) is 31.3 Å². The summed E-state index contributed by atoms with van der Waals surface area (Å²) in [5.41, 5.74) is 0.351. The Labute approximate surface area is 187 Å². The minimum absolute atomic E-state index is 0.00960. The molecule has 1 N–H and O–H groups in total. The number of likely N-dealkylation sites (N-methyl/N-ethyl adjacent to an activating group) is 1. The molecule has 0 aliphatic heterocycles. The Morgan fingerprint density at radius 2 is 1.82 bits per heavy atom. The van der Waals surface area contributed by atoms with Crippen LogP contribution in [0.3, 0.4) is 0 Å². The summed E-state index contributed by atoms with van der Waals surface area (Å²) in [6, 6.07) is 9.57. The Hall–Kier alpha value is -4.09. The zero-order valence-corrected chi connectivity index (χ0v) is 17.7. The molecule has 10 nitrogen and oxygen atoms in total. The van der Waals surface area contributed by atoms with Gasteiger partial charge in [-0.1, -0.05) is 18.2 Å². The third kappa shape index (κ3) is 7.83. The minimum Gasteiger partial charge on any atom is -0.454 e. The average molecular weight is 465 g/mol. The molecule has 0 bridgehead atoms. The molecule has 0 saturated carbocycles. The molecule has 2 amide bonds. The van der Waals surface area contributed by atoms with Crippen LogP contribution in [0.1, 0.15) is 22.8 Å². The van der Waals surface area contributed by atoms with Crippen molar-refractivity contribution in [3.05, 3.63) is 69.8 Å². The molecule has 0 unspecified atom stereocenters. The quantitative estimate of drug-likeness (QED) is 0.324. The normalized spacial score (nSPS) is 11.4. The van der Waals surface area contributed by atoms with Crippen molar-refractivity contribution in [3.8, 4) is 5.75 Å². The van der Waals surface area contributed by atoms with E-state index < -0.39 is 42.0 Å². The zero-order chi connectivity index (χ0) is 24.5. The smallest absolute Gasteiger partial charge is 0.387 e. The maximum Gasteiger partial charge on any atom is 0.387 e. The number of carbonyl (C=O) groups is 3. The van der Waals surface area contributed by atoms with Crippen molar-refractivity contribution in [1.82, 2.24) is 10.2 Å². The summed E-state index contributed by atoms with van der Waals surface area (Å²) in [5.74, 6) is -2.14. The van der Waals surface area contributed by atoms with Crippen LogP contribution in [0.5, 0.6) is 5.75 Å². The van der Waals surface area contributed by atoms with Gasteiger partial charge in [-0.15, -0.1) is 0 Å². The lowest BCUT2D eigenvalue weighted by molar-refractivity contribution is -0.384. The first-order chi connectivity index (χ1) is 15.6. The van der Waals surface area contributed by atoms with E-state index in [1.54, 1.807) is 0 Å². The summed E-state index contributed by atoms with van der Waals surface area (Å²) in [7, 11) is 1.47. The van der Waals surface area contributed by atoms with E-state index in [4.69, 9.17) is 4.74 Å². The summed E-state index contributed by atoms with van der Waals surface area (Å²) in [5, 5.41) is 13.2. The number of ether oxygens (including phenoxy) is 2. The van der Waals surface area contributed by atoms with E-state index in [-0.39, 0.29) is 23.5 Å². The van der Waals surface area contributed by atoms with Crippen molar-refractivity contribution < 1.29 is 37.6 Å². The summed E-state index contributed by atoms with van der Waals surface area (Å²) in [6.07, 6.45) is 0. The van der Waals surface area contributed by atoms with Crippen molar-refractivity contribution in [1.29, 1.82) is 0 Å². The van der Waals surface area contributed by atoms with Crippen LogP contribution >= 0.6 is 0 Å². The second-order valence-corrected chi connectivity index (χ2v) is 6.88. The molecule has 176 valence electrons. The highest BCUT2D eigenvalue weighted by Crippen LogP contribution is 2.16. The van der Waals surface area contributed by atoms with E-state index in [2.05, 4.69) is 10.1 Å². The fraction of sp³-hybridized carbons (Fsp3) is 0.286. The van der Waals surface area contributed by atoms with Gasteiger partial charge in [0.25, 0.3) is 17.5 Å². The fourth-order valence-corrected chi connectivity index (χ4v) is 2.61. The molecule has 0 aliphatic rings. The molecule has 0 saturated heterocycles. The van der Waals surface area contributed by atoms with E-state index in [0.29, 0.717) is 5.56 Å². The Bertz CT molecular complexity index is 1020. The van der Waals surface area contributed by atoms with Gasteiger partial charge in [-0.05, 0) is 30.7 Å². The van der Waals surface area contributed by atoms with Crippen molar-refractivity contribution in [2.45, 2.75) is 26.1 Å². The average Bonchev–Trinajstić information content (AvgIpc) is 2.78. The van der Waals surface area contributed by atoms with Gasteiger partial charge in [-0.3, -0.25) is 19.7 Å². The highest BCUT2D eigenvalue weighted by molar-refractivity contribution is 5.97. The number of nitro benzene ring substituents is 1. The van der Waals surface area contributed by atoms with Crippen molar-refractivity contribution >= 4 is 23.5 Å². The maximum atomic E-state index is 12.2. The van der Waals surface area contributed by atoms with Crippen LogP contribution in [0, 0.1) is 10.1 Å². The number of nitro groups is 1. The van der Waals surface area contributed by atoms with E-state index in [0.717, 1.165) is 6.07 Å². The molecule has 2 aromatic rings. The Morgan fingerprint density at radius 1 is 1.15 bits per heavy atom. The topological polar surface area (TPSA) is 128 Å². The number of hydrogen-bond donors (Lipinski definition) is 1. The van der Waals surface area contributed by atoms with E-state index >= 15 is 0 Å². The van der Waals surface area contributed by atoms with Crippen molar-refractivity contribution in [2.24, 2.45) is 0 Å². The monoisotopic (exact) mass is 465 g/mol. The van der Waals surface area contributed by atoms with Gasteiger partial charge in [0.05, 0.1) is 4.92 Å². The van der Waals surface area contributed by atoms with Crippen LogP contribution < -0.4 is 10.1 Å². The van der Waals surface area contributed by atoms with Gasteiger partial charge < -0.3 is 19.7 Å². The Kier molecular flexibility index (Phi) is 8.78. The van der Waals surface area contributed by atoms with Gasteiger partial charge in [-0.25, -0.2) is 4.79 Å². The number of esters is 1. The first-order valence-corrected chi connectivity index (χ1v) is 9.56. The molecule has 0 radical (unpaired) electrons. The van der Waals surface area contributed by atoms with Crippen LogP contribution in [-0.4, -0.2) is 53.9 Å². The zero-order valence-electron chi connectivity index (χ0n) is 17.7. The predicted octanol–water partition coefficient (Wildman–Crippen LogP) is 2.52. The highest BCUT2D eigenvalue weighted by atomic mass is 19.3. The Balaban J connectivity index is 1.82. The lowest BCUT2D eigenvalue weighted by atomic mass is 10.2. The van der Waals surface area contributed by atoms with Gasteiger partial charge in [0.15, 0.2) is 6.61 Å². The van der Waals surface area contributed by atoms with Crippen LogP contribution in [0.4, 0.5) is 14.5 Å². The molecule has 0 aromatic heterocycles. The molecule has 33 heavy (non-hydrogen) atoms. The highest BCUT2D eigenvalue weighted by Gasteiger charge is 2.21. The number of carbonyl (C=O) groups excluding carboxylic acids is 3. The standard InChI is InChI=1S/C21H21F2N3O7/c1-13(24-19(28)15-4-3-5-16(10-15)26(30)31)20(29)32-12-18(27)25(2)11-14-6-8-17(9-7-14)33-21(22)23/h3-10,13,21H,11-12H2,1-2H3,(H,24,28)/t13-/m0/s1. The molecule has 0 spiro atoms. The fourth-order valence-electron chi connectivity index (χ4n) is 2.61. The maximum absolute atomic E-state index is 12.2. The number of halogens is 2. The molecule has 0 fully saturated rings.